The molecule has 0 aliphatic heterocycles. The van der Waals surface area contributed by atoms with Crippen LogP contribution in [0, 0.1) is 0 Å². The van der Waals surface area contributed by atoms with Gasteiger partial charge in [0.1, 0.15) is 24.0 Å². The molecule has 1 atom stereocenters. The number of hydrogen-bond acceptors (Lipinski definition) is 4. The van der Waals surface area contributed by atoms with Gasteiger partial charge in [-0.05, 0) is 36.8 Å². The molecule has 2 aromatic rings. The van der Waals surface area contributed by atoms with Gasteiger partial charge in [0.2, 0.25) is 0 Å². The van der Waals surface area contributed by atoms with Crippen molar-refractivity contribution in [2.75, 3.05) is 20.3 Å². The molecule has 4 nitrogen and oxygen atoms in total. The van der Waals surface area contributed by atoms with E-state index in [0.29, 0.717) is 12.4 Å². The molecule has 0 heterocycles. The van der Waals surface area contributed by atoms with Crippen LogP contribution < -0.4 is 9.47 Å². The van der Waals surface area contributed by atoms with Gasteiger partial charge in [0, 0.05) is 0 Å². The van der Waals surface area contributed by atoms with Crippen LogP contribution in [-0.4, -0.2) is 26.3 Å². The van der Waals surface area contributed by atoms with Crippen LogP contribution in [-0.2, 0) is 9.53 Å². The minimum atomic E-state index is -0.441. The van der Waals surface area contributed by atoms with Gasteiger partial charge < -0.3 is 14.2 Å². The third-order valence-corrected chi connectivity index (χ3v) is 3.25. The van der Waals surface area contributed by atoms with Crippen molar-refractivity contribution in [2.45, 2.75) is 12.8 Å². The number of hydrogen-bond donors (Lipinski definition) is 0. The zero-order chi connectivity index (χ0) is 15.8. The van der Waals surface area contributed by atoms with Crippen molar-refractivity contribution in [3.8, 4) is 11.5 Å². The first-order valence-corrected chi connectivity index (χ1v) is 7.23. The molecule has 0 saturated heterocycles. The summed E-state index contributed by atoms with van der Waals surface area (Å²) >= 11 is 0. The summed E-state index contributed by atoms with van der Waals surface area (Å²) < 4.78 is 16.0. The number of rotatable bonds is 7. The largest absolute Gasteiger partial charge is 0.497 e. The molecular weight excluding hydrogens is 280 g/mol. The summed E-state index contributed by atoms with van der Waals surface area (Å²) in [5.74, 6) is 0.730. The van der Waals surface area contributed by atoms with Crippen molar-refractivity contribution in [1.29, 1.82) is 0 Å². The average molecular weight is 300 g/mol. The standard InChI is InChI=1S/C18H20O4/c1-3-21-18(19)17(14-7-5-4-6-8-14)13-22-16-11-9-15(20-2)10-12-16/h4-12,17H,3,13H2,1-2H3. The molecule has 0 aromatic heterocycles. The Balaban J connectivity index is 2.07. The Labute approximate surface area is 130 Å². The summed E-state index contributed by atoms with van der Waals surface area (Å²) in [6.45, 7) is 2.38. The van der Waals surface area contributed by atoms with E-state index in [1.807, 2.05) is 54.6 Å². The highest BCUT2D eigenvalue weighted by molar-refractivity contribution is 5.78. The first kappa shape index (κ1) is 15.9. The number of esters is 1. The molecule has 0 bridgehead atoms. The maximum atomic E-state index is 12.1. The van der Waals surface area contributed by atoms with Gasteiger partial charge in [-0.2, -0.15) is 0 Å². The summed E-state index contributed by atoms with van der Waals surface area (Å²) in [7, 11) is 1.61. The highest BCUT2D eigenvalue weighted by atomic mass is 16.5. The maximum absolute atomic E-state index is 12.1. The van der Waals surface area contributed by atoms with Gasteiger partial charge in [-0.25, -0.2) is 0 Å². The van der Waals surface area contributed by atoms with E-state index in [1.165, 1.54) is 0 Å². The fourth-order valence-electron chi connectivity index (χ4n) is 2.08. The summed E-state index contributed by atoms with van der Waals surface area (Å²) in [5.41, 5.74) is 0.884. The summed E-state index contributed by atoms with van der Waals surface area (Å²) in [4.78, 5) is 12.1. The van der Waals surface area contributed by atoms with E-state index in [0.717, 1.165) is 11.3 Å². The lowest BCUT2D eigenvalue weighted by Crippen LogP contribution is -2.22. The second-order valence-corrected chi connectivity index (χ2v) is 4.70. The van der Waals surface area contributed by atoms with Crippen LogP contribution in [0.15, 0.2) is 54.6 Å². The normalized spacial score (nSPS) is 11.5. The highest BCUT2D eigenvalue weighted by Crippen LogP contribution is 2.22. The molecule has 0 fully saturated rings. The molecule has 0 spiro atoms. The molecule has 2 aromatic carbocycles. The average Bonchev–Trinajstić information content (AvgIpc) is 2.57. The van der Waals surface area contributed by atoms with Crippen molar-refractivity contribution >= 4 is 5.97 Å². The van der Waals surface area contributed by atoms with Gasteiger partial charge in [0.05, 0.1) is 13.7 Å². The Morgan fingerprint density at radius 3 is 2.23 bits per heavy atom. The lowest BCUT2D eigenvalue weighted by Gasteiger charge is -2.17. The van der Waals surface area contributed by atoms with Crippen LogP contribution in [0.3, 0.4) is 0 Å². The fourth-order valence-corrected chi connectivity index (χ4v) is 2.08. The van der Waals surface area contributed by atoms with E-state index in [4.69, 9.17) is 14.2 Å². The molecule has 2 rings (SSSR count). The second-order valence-electron chi connectivity index (χ2n) is 4.70. The molecule has 0 aliphatic rings. The SMILES string of the molecule is CCOC(=O)C(COc1ccc(OC)cc1)c1ccccc1. The molecule has 0 amide bonds. The highest BCUT2D eigenvalue weighted by Gasteiger charge is 2.22. The van der Waals surface area contributed by atoms with E-state index >= 15 is 0 Å². The minimum absolute atomic E-state index is 0.231. The molecule has 22 heavy (non-hydrogen) atoms. The van der Waals surface area contributed by atoms with Crippen molar-refractivity contribution in [2.24, 2.45) is 0 Å². The van der Waals surface area contributed by atoms with Crippen LogP contribution in [0.25, 0.3) is 0 Å². The summed E-state index contributed by atoms with van der Waals surface area (Å²) in [6.07, 6.45) is 0. The van der Waals surface area contributed by atoms with E-state index in [1.54, 1.807) is 14.0 Å². The predicted molar refractivity (Wildman–Crippen MR) is 84.3 cm³/mol. The van der Waals surface area contributed by atoms with Gasteiger partial charge in [-0.1, -0.05) is 30.3 Å². The Morgan fingerprint density at radius 2 is 1.64 bits per heavy atom. The number of carbonyl (C=O) groups excluding carboxylic acids is 1. The van der Waals surface area contributed by atoms with Crippen LogP contribution in [0.5, 0.6) is 11.5 Å². The number of carbonyl (C=O) groups is 1. The molecule has 0 saturated carbocycles. The van der Waals surface area contributed by atoms with Gasteiger partial charge in [-0.15, -0.1) is 0 Å². The molecule has 1 unspecified atom stereocenters. The minimum Gasteiger partial charge on any atom is -0.497 e. The molecule has 0 N–H and O–H groups in total. The second kappa shape index (κ2) is 8.08. The van der Waals surface area contributed by atoms with Gasteiger partial charge in [0.25, 0.3) is 0 Å². The Kier molecular flexibility index (Phi) is 5.83. The Morgan fingerprint density at radius 1 is 1.00 bits per heavy atom. The van der Waals surface area contributed by atoms with E-state index < -0.39 is 5.92 Å². The maximum Gasteiger partial charge on any atom is 0.316 e. The molecule has 0 radical (unpaired) electrons. The van der Waals surface area contributed by atoms with Gasteiger partial charge >= 0.3 is 5.97 Å². The van der Waals surface area contributed by atoms with Crippen molar-refractivity contribution < 1.29 is 19.0 Å². The zero-order valence-electron chi connectivity index (χ0n) is 12.8. The Bertz CT molecular complexity index is 578. The lowest BCUT2D eigenvalue weighted by atomic mass is 10.0. The summed E-state index contributed by atoms with van der Waals surface area (Å²) in [5, 5.41) is 0. The molecule has 4 heteroatoms. The smallest absolute Gasteiger partial charge is 0.316 e. The van der Waals surface area contributed by atoms with Gasteiger partial charge in [0.15, 0.2) is 0 Å². The number of methoxy groups -OCH3 is 1. The van der Waals surface area contributed by atoms with Crippen molar-refractivity contribution in [3.63, 3.8) is 0 Å². The number of benzene rings is 2. The fraction of sp³-hybridized carbons (Fsp3) is 0.278. The molecule has 0 aliphatic carbocycles. The topological polar surface area (TPSA) is 44.8 Å². The van der Waals surface area contributed by atoms with E-state index in [2.05, 4.69) is 0 Å². The first-order valence-electron chi connectivity index (χ1n) is 7.23. The zero-order valence-corrected chi connectivity index (χ0v) is 12.8. The molecule has 116 valence electrons. The van der Waals surface area contributed by atoms with E-state index in [9.17, 15) is 4.79 Å². The predicted octanol–water partition coefficient (Wildman–Crippen LogP) is 3.42. The van der Waals surface area contributed by atoms with Gasteiger partial charge in [-0.3, -0.25) is 4.79 Å². The summed E-state index contributed by atoms with van der Waals surface area (Å²) in [6, 6.07) is 16.8. The van der Waals surface area contributed by atoms with Crippen LogP contribution in [0.1, 0.15) is 18.4 Å². The third-order valence-electron chi connectivity index (χ3n) is 3.25. The van der Waals surface area contributed by atoms with Crippen molar-refractivity contribution in [3.05, 3.63) is 60.2 Å². The molecular formula is C18H20O4. The van der Waals surface area contributed by atoms with E-state index in [-0.39, 0.29) is 12.6 Å². The van der Waals surface area contributed by atoms with Crippen LogP contribution in [0.2, 0.25) is 0 Å². The number of ether oxygens (including phenoxy) is 3. The van der Waals surface area contributed by atoms with Crippen molar-refractivity contribution in [1.82, 2.24) is 0 Å². The quantitative estimate of drug-likeness (QED) is 0.735. The lowest BCUT2D eigenvalue weighted by molar-refractivity contribution is -0.145. The Hall–Kier alpha value is -2.49. The third kappa shape index (κ3) is 4.25. The van der Waals surface area contributed by atoms with Crippen LogP contribution in [0.4, 0.5) is 0 Å². The first-order chi connectivity index (χ1) is 10.7. The monoisotopic (exact) mass is 300 g/mol. The van der Waals surface area contributed by atoms with Crippen LogP contribution >= 0.6 is 0 Å².